The summed E-state index contributed by atoms with van der Waals surface area (Å²) < 4.78 is 0. The van der Waals surface area contributed by atoms with Crippen molar-refractivity contribution >= 4 is 11.6 Å². The molecule has 0 aliphatic carbocycles. The molecule has 0 radical (unpaired) electrons. The average Bonchev–Trinajstić information content (AvgIpc) is 2.48. The van der Waals surface area contributed by atoms with E-state index in [-0.39, 0.29) is 6.42 Å². The lowest BCUT2D eigenvalue weighted by molar-refractivity contribution is 0.183. The third-order valence-electron chi connectivity index (χ3n) is 2.88. The third-order valence-corrected chi connectivity index (χ3v) is 3.12. The summed E-state index contributed by atoms with van der Waals surface area (Å²) in [6, 6.07) is 16.3. The Labute approximate surface area is 123 Å². The first-order valence-corrected chi connectivity index (χ1v) is 6.69. The lowest BCUT2D eigenvalue weighted by Gasteiger charge is -2.07. The number of aliphatic hydroxyl groups is 2. The Morgan fingerprint density at radius 1 is 0.950 bits per heavy atom. The Balaban J connectivity index is 1.98. The molecule has 2 unspecified atom stereocenters. The van der Waals surface area contributed by atoms with Gasteiger partial charge in [-0.3, -0.25) is 0 Å². The minimum atomic E-state index is -0.892. The molecule has 2 nitrogen and oxygen atoms in total. The van der Waals surface area contributed by atoms with Gasteiger partial charge in [0.05, 0.1) is 6.10 Å². The quantitative estimate of drug-likeness (QED) is 0.848. The fraction of sp³-hybridized carbons (Fsp3) is 0.176. The Bertz CT molecular complexity index is 614. The van der Waals surface area contributed by atoms with Gasteiger partial charge in [0.2, 0.25) is 0 Å². The maximum Gasteiger partial charge on any atom is 0.140 e. The van der Waals surface area contributed by atoms with E-state index in [4.69, 9.17) is 11.6 Å². The molecule has 20 heavy (non-hydrogen) atoms. The van der Waals surface area contributed by atoms with Crippen molar-refractivity contribution in [1.82, 2.24) is 0 Å². The molecule has 2 rings (SSSR count). The summed E-state index contributed by atoms with van der Waals surface area (Å²) in [7, 11) is 0. The van der Waals surface area contributed by atoms with Crippen LogP contribution in [-0.4, -0.2) is 10.2 Å². The van der Waals surface area contributed by atoms with Gasteiger partial charge in [-0.25, -0.2) is 0 Å². The largest absolute Gasteiger partial charge is 0.387 e. The van der Waals surface area contributed by atoms with Crippen molar-refractivity contribution in [3.05, 3.63) is 70.7 Å². The molecule has 102 valence electrons. The highest BCUT2D eigenvalue weighted by Crippen LogP contribution is 2.18. The molecule has 0 saturated carbocycles. The summed E-state index contributed by atoms with van der Waals surface area (Å²) in [5.74, 6) is 5.52. The molecular formula is C17H15ClO2. The van der Waals surface area contributed by atoms with E-state index in [1.54, 1.807) is 24.3 Å². The number of halogens is 1. The minimum absolute atomic E-state index is 0.279. The van der Waals surface area contributed by atoms with E-state index in [2.05, 4.69) is 11.8 Å². The molecule has 3 heteroatoms. The molecule has 0 fully saturated rings. The van der Waals surface area contributed by atoms with Gasteiger partial charge < -0.3 is 10.2 Å². The summed E-state index contributed by atoms with van der Waals surface area (Å²) in [6.45, 7) is 0. The maximum atomic E-state index is 9.94. The Morgan fingerprint density at radius 3 is 2.35 bits per heavy atom. The van der Waals surface area contributed by atoms with Crippen LogP contribution in [-0.2, 0) is 0 Å². The van der Waals surface area contributed by atoms with Crippen molar-refractivity contribution in [2.24, 2.45) is 0 Å². The van der Waals surface area contributed by atoms with Crippen molar-refractivity contribution in [2.75, 3.05) is 0 Å². The van der Waals surface area contributed by atoms with Gasteiger partial charge in [-0.15, -0.1) is 0 Å². The van der Waals surface area contributed by atoms with E-state index in [9.17, 15) is 10.2 Å². The summed E-state index contributed by atoms with van der Waals surface area (Å²) in [4.78, 5) is 0. The van der Waals surface area contributed by atoms with Crippen LogP contribution in [0.4, 0.5) is 0 Å². The first-order chi connectivity index (χ1) is 9.66. The summed E-state index contributed by atoms with van der Waals surface area (Å²) >= 11 is 5.85. The minimum Gasteiger partial charge on any atom is -0.387 e. The molecular weight excluding hydrogens is 272 g/mol. The second-order valence-corrected chi connectivity index (χ2v) is 4.85. The number of benzene rings is 2. The van der Waals surface area contributed by atoms with Crippen molar-refractivity contribution in [1.29, 1.82) is 0 Å². The lowest BCUT2D eigenvalue weighted by Crippen LogP contribution is -1.96. The van der Waals surface area contributed by atoms with Crippen LogP contribution in [0, 0.1) is 11.8 Å². The van der Waals surface area contributed by atoms with Crippen molar-refractivity contribution in [3.63, 3.8) is 0 Å². The van der Waals surface area contributed by atoms with Crippen molar-refractivity contribution in [3.8, 4) is 11.8 Å². The highest BCUT2D eigenvalue weighted by atomic mass is 35.5. The highest BCUT2D eigenvalue weighted by molar-refractivity contribution is 6.30. The van der Waals surface area contributed by atoms with Crippen LogP contribution in [0.1, 0.15) is 29.8 Å². The lowest BCUT2D eigenvalue weighted by atomic mass is 10.1. The number of rotatable bonds is 3. The molecule has 2 N–H and O–H groups in total. The Morgan fingerprint density at radius 2 is 1.65 bits per heavy atom. The van der Waals surface area contributed by atoms with Gasteiger partial charge in [0.1, 0.15) is 6.10 Å². The van der Waals surface area contributed by atoms with Gasteiger partial charge in [-0.1, -0.05) is 65.9 Å². The molecule has 0 aromatic heterocycles. The van der Waals surface area contributed by atoms with Crippen molar-refractivity contribution in [2.45, 2.75) is 18.6 Å². The van der Waals surface area contributed by atoms with E-state index in [0.29, 0.717) is 10.6 Å². The van der Waals surface area contributed by atoms with E-state index < -0.39 is 12.2 Å². The van der Waals surface area contributed by atoms with E-state index >= 15 is 0 Å². The Kier molecular flexibility index (Phi) is 5.20. The summed E-state index contributed by atoms with van der Waals surface area (Å²) in [6.07, 6.45) is -1.26. The monoisotopic (exact) mass is 286 g/mol. The van der Waals surface area contributed by atoms with E-state index in [1.807, 2.05) is 30.3 Å². The fourth-order valence-electron chi connectivity index (χ4n) is 1.81. The molecule has 2 aromatic rings. The summed E-state index contributed by atoms with van der Waals surface area (Å²) in [5.41, 5.74) is 1.47. The topological polar surface area (TPSA) is 40.5 Å². The van der Waals surface area contributed by atoms with Crippen molar-refractivity contribution < 1.29 is 10.2 Å². The molecule has 0 amide bonds. The van der Waals surface area contributed by atoms with Crippen LogP contribution in [0.25, 0.3) is 0 Å². The SMILES string of the molecule is OC(C#CCC(O)c1ccccc1)c1cccc(Cl)c1. The highest BCUT2D eigenvalue weighted by Gasteiger charge is 2.06. The molecule has 0 spiro atoms. The van der Waals surface area contributed by atoms with Crippen LogP contribution in [0.2, 0.25) is 5.02 Å². The predicted molar refractivity (Wildman–Crippen MR) is 80.2 cm³/mol. The molecule has 0 aliphatic rings. The molecule has 0 bridgehead atoms. The third kappa shape index (κ3) is 4.11. The average molecular weight is 287 g/mol. The van der Waals surface area contributed by atoms with Crippen LogP contribution >= 0.6 is 11.6 Å². The standard InChI is InChI=1S/C17H15ClO2/c18-15-9-4-8-14(12-15)17(20)11-5-10-16(19)13-6-2-1-3-7-13/h1-4,6-9,12,16-17,19-20H,10H2. The fourth-order valence-corrected chi connectivity index (χ4v) is 2.00. The Hall–Kier alpha value is -1.79. The first kappa shape index (κ1) is 14.6. The van der Waals surface area contributed by atoms with Gasteiger partial charge in [-0.05, 0) is 23.3 Å². The van der Waals surface area contributed by atoms with E-state index in [1.165, 1.54) is 0 Å². The van der Waals surface area contributed by atoms with Crippen LogP contribution < -0.4 is 0 Å². The molecule has 2 atom stereocenters. The molecule has 2 aromatic carbocycles. The van der Waals surface area contributed by atoms with Gasteiger partial charge in [0, 0.05) is 11.4 Å². The second-order valence-electron chi connectivity index (χ2n) is 4.41. The van der Waals surface area contributed by atoms with E-state index in [0.717, 1.165) is 5.56 Å². The zero-order chi connectivity index (χ0) is 14.4. The van der Waals surface area contributed by atoms with Gasteiger partial charge >= 0.3 is 0 Å². The first-order valence-electron chi connectivity index (χ1n) is 6.32. The normalized spacial score (nSPS) is 13.2. The summed E-state index contributed by atoms with van der Waals surface area (Å²) in [5, 5.41) is 20.4. The van der Waals surface area contributed by atoms with Crippen LogP contribution in [0.3, 0.4) is 0 Å². The maximum absolute atomic E-state index is 9.94. The number of aliphatic hydroxyl groups excluding tert-OH is 2. The predicted octanol–water partition coefficient (Wildman–Crippen LogP) is 3.50. The number of hydrogen-bond donors (Lipinski definition) is 2. The van der Waals surface area contributed by atoms with Crippen LogP contribution in [0.15, 0.2) is 54.6 Å². The zero-order valence-corrected chi connectivity index (χ0v) is 11.6. The van der Waals surface area contributed by atoms with Gasteiger partial charge in [0.15, 0.2) is 0 Å². The van der Waals surface area contributed by atoms with Gasteiger partial charge in [-0.2, -0.15) is 0 Å². The zero-order valence-electron chi connectivity index (χ0n) is 10.8. The molecule has 0 saturated heterocycles. The molecule has 0 aliphatic heterocycles. The van der Waals surface area contributed by atoms with Gasteiger partial charge in [0.25, 0.3) is 0 Å². The number of hydrogen-bond acceptors (Lipinski definition) is 2. The molecule has 0 heterocycles. The van der Waals surface area contributed by atoms with Crippen LogP contribution in [0.5, 0.6) is 0 Å². The second kappa shape index (κ2) is 7.12. The smallest absolute Gasteiger partial charge is 0.140 e.